The van der Waals surface area contributed by atoms with Gasteiger partial charge in [-0.05, 0) is 61.2 Å². The minimum Gasteiger partial charge on any atom is -0.352 e. The maximum Gasteiger partial charge on any atom is 0.244 e. The number of amides is 2. The predicted molar refractivity (Wildman–Crippen MR) is 165 cm³/mol. The maximum absolute atomic E-state index is 14.1. The SMILES string of the molecule is CC[C@H](C)NC(=O)[C@H](Cc1ccccc1)N(Cc1ccc(Br)cc1)C(=O)CN(c1cc(Cl)ccc1C)S(C)(=O)=O. The lowest BCUT2D eigenvalue weighted by Gasteiger charge is -2.34. The van der Waals surface area contributed by atoms with Gasteiger partial charge in [0.05, 0.1) is 11.9 Å². The zero-order valence-corrected chi connectivity index (χ0v) is 26.3. The summed E-state index contributed by atoms with van der Waals surface area (Å²) in [6, 6.07) is 20.8. The Labute approximate surface area is 250 Å². The standard InChI is InChI=1S/C30H35BrClN3O4S/c1-5-22(3)33-30(37)28(17-23-9-7-6-8-10-23)34(19-24-12-14-25(31)15-13-24)29(36)20-35(40(4,38)39)27-18-26(32)16-11-21(27)2/h6-16,18,22,28H,5,17,19-20H2,1-4H3,(H,33,37)/t22-,28-/m0/s1. The molecule has 0 spiro atoms. The Hall–Kier alpha value is -2.88. The number of halogens is 2. The molecular formula is C30H35BrClN3O4S. The van der Waals surface area contributed by atoms with Gasteiger partial charge in [0.1, 0.15) is 12.6 Å². The van der Waals surface area contributed by atoms with E-state index in [9.17, 15) is 18.0 Å². The first-order valence-corrected chi connectivity index (χ1v) is 16.0. The Kier molecular flexibility index (Phi) is 11.2. The molecule has 0 aromatic heterocycles. The van der Waals surface area contributed by atoms with Gasteiger partial charge >= 0.3 is 0 Å². The average molecular weight is 649 g/mol. The summed E-state index contributed by atoms with van der Waals surface area (Å²) in [6.07, 6.45) is 2.04. The molecule has 0 aliphatic rings. The van der Waals surface area contributed by atoms with Gasteiger partial charge in [-0.3, -0.25) is 13.9 Å². The largest absolute Gasteiger partial charge is 0.352 e. The third kappa shape index (κ3) is 8.81. The molecule has 0 bridgehead atoms. The van der Waals surface area contributed by atoms with Crippen LogP contribution in [0.15, 0.2) is 77.3 Å². The molecule has 40 heavy (non-hydrogen) atoms. The number of aryl methyl sites for hydroxylation is 1. The predicted octanol–water partition coefficient (Wildman–Crippen LogP) is 5.73. The molecule has 3 rings (SSSR count). The normalized spacial score (nSPS) is 12.8. The molecular weight excluding hydrogens is 614 g/mol. The van der Waals surface area contributed by atoms with E-state index < -0.39 is 28.5 Å². The molecule has 0 radical (unpaired) electrons. The van der Waals surface area contributed by atoms with Gasteiger partial charge in [0.25, 0.3) is 0 Å². The average Bonchev–Trinajstić information content (AvgIpc) is 2.91. The third-order valence-electron chi connectivity index (χ3n) is 6.66. The van der Waals surface area contributed by atoms with Gasteiger partial charge in [-0.25, -0.2) is 8.42 Å². The van der Waals surface area contributed by atoms with E-state index in [1.165, 1.54) is 11.0 Å². The Morgan fingerprint density at radius 1 is 1.00 bits per heavy atom. The molecule has 2 atom stereocenters. The molecule has 0 unspecified atom stereocenters. The van der Waals surface area contributed by atoms with Gasteiger partial charge in [0.15, 0.2) is 0 Å². The van der Waals surface area contributed by atoms with Crippen molar-refractivity contribution in [3.8, 4) is 0 Å². The number of anilines is 1. The van der Waals surface area contributed by atoms with Gasteiger partial charge in [-0.15, -0.1) is 0 Å². The topological polar surface area (TPSA) is 86.8 Å². The fourth-order valence-electron chi connectivity index (χ4n) is 4.23. The second-order valence-electron chi connectivity index (χ2n) is 9.87. The van der Waals surface area contributed by atoms with Crippen molar-refractivity contribution in [2.75, 3.05) is 17.1 Å². The fourth-order valence-corrected chi connectivity index (χ4v) is 5.56. The number of rotatable bonds is 12. The summed E-state index contributed by atoms with van der Waals surface area (Å²) in [7, 11) is -3.87. The van der Waals surface area contributed by atoms with Gasteiger partial charge in [-0.1, -0.05) is 83.0 Å². The first-order chi connectivity index (χ1) is 18.9. The Morgan fingerprint density at radius 3 is 2.25 bits per heavy atom. The van der Waals surface area contributed by atoms with Crippen molar-refractivity contribution in [3.05, 3.63) is 99.0 Å². The molecule has 2 amide bonds. The zero-order valence-electron chi connectivity index (χ0n) is 23.1. The van der Waals surface area contributed by atoms with E-state index >= 15 is 0 Å². The molecule has 0 saturated heterocycles. The minimum absolute atomic E-state index is 0.1000. The molecule has 3 aromatic carbocycles. The van der Waals surface area contributed by atoms with Crippen LogP contribution in [-0.2, 0) is 32.6 Å². The molecule has 10 heteroatoms. The van der Waals surface area contributed by atoms with Crippen LogP contribution in [0.3, 0.4) is 0 Å². The summed E-state index contributed by atoms with van der Waals surface area (Å²) < 4.78 is 27.8. The van der Waals surface area contributed by atoms with E-state index in [1.54, 1.807) is 19.1 Å². The van der Waals surface area contributed by atoms with E-state index in [0.29, 0.717) is 16.3 Å². The molecule has 1 N–H and O–H groups in total. The number of hydrogen-bond donors (Lipinski definition) is 1. The summed E-state index contributed by atoms with van der Waals surface area (Å²) in [5.41, 5.74) is 2.65. The van der Waals surface area contributed by atoms with Crippen LogP contribution in [0.4, 0.5) is 5.69 Å². The van der Waals surface area contributed by atoms with Crippen LogP contribution >= 0.6 is 27.5 Å². The molecule has 0 heterocycles. The van der Waals surface area contributed by atoms with E-state index in [0.717, 1.165) is 32.6 Å². The molecule has 0 fully saturated rings. The quantitative estimate of drug-likeness (QED) is 0.272. The van der Waals surface area contributed by atoms with Gasteiger partial charge < -0.3 is 10.2 Å². The van der Waals surface area contributed by atoms with Crippen LogP contribution in [-0.4, -0.2) is 50.0 Å². The van der Waals surface area contributed by atoms with E-state index in [2.05, 4.69) is 21.2 Å². The first-order valence-electron chi connectivity index (χ1n) is 13.0. The summed E-state index contributed by atoms with van der Waals surface area (Å²) in [4.78, 5) is 29.3. The fraction of sp³-hybridized carbons (Fsp3) is 0.333. The maximum atomic E-state index is 14.1. The van der Waals surface area contributed by atoms with Gasteiger partial charge in [0.2, 0.25) is 21.8 Å². The number of sulfonamides is 1. The highest BCUT2D eigenvalue weighted by Gasteiger charge is 2.33. The third-order valence-corrected chi connectivity index (χ3v) is 8.55. The Morgan fingerprint density at radius 2 is 1.65 bits per heavy atom. The molecule has 7 nitrogen and oxygen atoms in total. The van der Waals surface area contributed by atoms with Gasteiger partial charge in [-0.2, -0.15) is 0 Å². The number of hydrogen-bond acceptors (Lipinski definition) is 4. The summed E-state index contributed by atoms with van der Waals surface area (Å²) in [5, 5.41) is 3.37. The highest BCUT2D eigenvalue weighted by atomic mass is 79.9. The lowest BCUT2D eigenvalue weighted by Crippen LogP contribution is -2.54. The van der Waals surface area contributed by atoms with Crippen molar-refractivity contribution >= 4 is 55.1 Å². The van der Waals surface area contributed by atoms with Crippen LogP contribution in [0.5, 0.6) is 0 Å². The van der Waals surface area contributed by atoms with Crippen molar-refractivity contribution in [2.24, 2.45) is 0 Å². The van der Waals surface area contributed by atoms with Crippen LogP contribution in [0.2, 0.25) is 5.02 Å². The number of carbonyl (C=O) groups is 2. The van der Waals surface area contributed by atoms with E-state index in [4.69, 9.17) is 11.6 Å². The Balaban J connectivity index is 2.08. The van der Waals surface area contributed by atoms with Crippen LogP contribution in [0.1, 0.15) is 37.0 Å². The highest BCUT2D eigenvalue weighted by molar-refractivity contribution is 9.10. The van der Waals surface area contributed by atoms with Crippen molar-refractivity contribution in [2.45, 2.75) is 52.2 Å². The molecule has 0 saturated carbocycles. The highest BCUT2D eigenvalue weighted by Crippen LogP contribution is 2.27. The van der Waals surface area contributed by atoms with Crippen LogP contribution in [0.25, 0.3) is 0 Å². The second-order valence-corrected chi connectivity index (χ2v) is 13.1. The lowest BCUT2D eigenvalue weighted by molar-refractivity contribution is -0.140. The monoisotopic (exact) mass is 647 g/mol. The van der Waals surface area contributed by atoms with Crippen molar-refractivity contribution in [1.29, 1.82) is 0 Å². The van der Waals surface area contributed by atoms with Gasteiger partial charge in [0, 0.05) is 28.5 Å². The smallest absolute Gasteiger partial charge is 0.244 e. The molecule has 3 aromatic rings. The van der Waals surface area contributed by atoms with E-state index in [-0.39, 0.29) is 24.9 Å². The zero-order chi connectivity index (χ0) is 29.4. The first kappa shape index (κ1) is 31.6. The van der Waals surface area contributed by atoms with Crippen molar-refractivity contribution in [3.63, 3.8) is 0 Å². The summed E-state index contributed by atoms with van der Waals surface area (Å²) >= 11 is 9.64. The lowest BCUT2D eigenvalue weighted by atomic mass is 10.0. The van der Waals surface area contributed by atoms with E-state index in [1.807, 2.05) is 68.4 Å². The number of nitrogens with one attached hydrogen (secondary N) is 1. The number of benzene rings is 3. The number of carbonyl (C=O) groups excluding carboxylic acids is 2. The minimum atomic E-state index is -3.87. The van der Waals surface area contributed by atoms with Crippen LogP contribution < -0.4 is 9.62 Å². The molecule has 0 aliphatic carbocycles. The Bertz CT molecular complexity index is 1420. The molecule has 0 aliphatic heterocycles. The van der Waals surface area contributed by atoms with Crippen molar-refractivity contribution < 1.29 is 18.0 Å². The number of nitrogens with zero attached hydrogens (tertiary/aromatic N) is 2. The summed E-state index contributed by atoms with van der Waals surface area (Å²) in [5.74, 6) is -0.804. The molecule has 214 valence electrons. The second kappa shape index (κ2) is 14.1. The summed E-state index contributed by atoms with van der Waals surface area (Å²) in [6.45, 7) is 5.26. The van der Waals surface area contributed by atoms with Crippen LogP contribution in [0, 0.1) is 6.92 Å². The van der Waals surface area contributed by atoms with Crippen molar-refractivity contribution in [1.82, 2.24) is 10.2 Å².